The lowest BCUT2D eigenvalue weighted by Gasteiger charge is -2.40. The Labute approximate surface area is 210 Å². The minimum absolute atomic E-state index is 0.234. The van der Waals surface area contributed by atoms with Crippen LogP contribution < -0.4 is 18.9 Å². The van der Waals surface area contributed by atoms with Crippen LogP contribution in [0.3, 0.4) is 0 Å². The minimum atomic E-state index is -0.881. The maximum absolute atomic E-state index is 11.5. The number of rotatable bonds is 6. The van der Waals surface area contributed by atoms with Gasteiger partial charge in [-0.05, 0) is 53.9 Å². The van der Waals surface area contributed by atoms with Crippen molar-refractivity contribution in [3.05, 3.63) is 76.3 Å². The molecule has 0 bridgehead atoms. The Balaban J connectivity index is 1.45. The van der Waals surface area contributed by atoms with Crippen molar-refractivity contribution in [1.29, 1.82) is 0 Å². The van der Waals surface area contributed by atoms with Crippen molar-refractivity contribution in [2.75, 3.05) is 27.4 Å². The summed E-state index contributed by atoms with van der Waals surface area (Å²) in [6.45, 7) is 2.50. The zero-order valence-electron chi connectivity index (χ0n) is 20.7. The first-order valence-corrected chi connectivity index (χ1v) is 12.2. The van der Waals surface area contributed by atoms with E-state index in [4.69, 9.17) is 18.9 Å². The van der Waals surface area contributed by atoms with Gasteiger partial charge < -0.3 is 34.3 Å². The van der Waals surface area contributed by atoms with E-state index < -0.39 is 12.2 Å². The van der Waals surface area contributed by atoms with Crippen LogP contribution in [0.1, 0.15) is 46.9 Å². The van der Waals surface area contributed by atoms with Crippen molar-refractivity contribution in [3.8, 4) is 28.7 Å². The Kier molecular flexibility index (Phi) is 6.69. The highest BCUT2D eigenvalue weighted by molar-refractivity contribution is 5.52. The molecule has 0 radical (unpaired) electrons. The molecule has 0 amide bonds. The standard InChI is InChI=1S/C29H32O7/c1-4-17-6-5-16(10-25(17)30)9-18-11-20(34-3)13-22-28(32)24(15-36-29(18)22)23-14-35-26-8-7-19(33-2)12-21(26)27(23)31/h5-8,10-13,23-24,27-28,30-32H,4,9,14-15H2,1-3H3. The van der Waals surface area contributed by atoms with Crippen LogP contribution in [0.5, 0.6) is 28.7 Å². The summed E-state index contributed by atoms with van der Waals surface area (Å²) in [5.41, 5.74) is 3.96. The van der Waals surface area contributed by atoms with Gasteiger partial charge in [-0.2, -0.15) is 0 Å². The van der Waals surface area contributed by atoms with E-state index in [1.165, 1.54) is 0 Å². The number of phenols is 1. The second-order valence-corrected chi connectivity index (χ2v) is 9.44. The van der Waals surface area contributed by atoms with Crippen LogP contribution >= 0.6 is 0 Å². The van der Waals surface area contributed by atoms with Crippen LogP contribution in [0, 0.1) is 11.8 Å². The second kappa shape index (κ2) is 9.91. The van der Waals surface area contributed by atoms with E-state index in [1.807, 2.05) is 25.1 Å². The maximum atomic E-state index is 11.5. The molecule has 2 aliphatic rings. The van der Waals surface area contributed by atoms with Crippen molar-refractivity contribution in [3.63, 3.8) is 0 Å². The van der Waals surface area contributed by atoms with Gasteiger partial charge in [0, 0.05) is 34.9 Å². The van der Waals surface area contributed by atoms with E-state index in [0.29, 0.717) is 40.5 Å². The lowest BCUT2D eigenvalue weighted by molar-refractivity contribution is -0.0554. The molecule has 190 valence electrons. The molecule has 0 saturated heterocycles. The van der Waals surface area contributed by atoms with Gasteiger partial charge in [0.25, 0.3) is 0 Å². The smallest absolute Gasteiger partial charge is 0.128 e. The average Bonchev–Trinajstić information content (AvgIpc) is 2.89. The predicted octanol–water partition coefficient (Wildman–Crippen LogP) is 4.35. The van der Waals surface area contributed by atoms with Crippen molar-refractivity contribution in [2.24, 2.45) is 11.8 Å². The molecule has 3 aromatic carbocycles. The van der Waals surface area contributed by atoms with Crippen LogP contribution in [0.4, 0.5) is 0 Å². The van der Waals surface area contributed by atoms with Gasteiger partial charge in [-0.25, -0.2) is 0 Å². The maximum Gasteiger partial charge on any atom is 0.128 e. The highest BCUT2D eigenvalue weighted by atomic mass is 16.5. The summed E-state index contributed by atoms with van der Waals surface area (Å²) < 4.78 is 23.0. The molecule has 2 heterocycles. The highest BCUT2D eigenvalue weighted by Gasteiger charge is 2.43. The van der Waals surface area contributed by atoms with Gasteiger partial charge in [0.1, 0.15) is 28.7 Å². The van der Waals surface area contributed by atoms with Crippen molar-refractivity contribution >= 4 is 0 Å². The summed E-state index contributed by atoms with van der Waals surface area (Å²) in [6.07, 6.45) is -0.449. The molecule has 3 N–H and O–H groups in total. The molecule has 4 unspecified atom stereocenters. The first-order chi connectivity index (χ1) is 17.4. The molecule has 2 aliphatic heterocycles. The molecular weight excluding hydrogens is 460 g/mol. The van der Waals surface area contributed by atoms with Crippen molar-refractivity contribution in [2.45, 2.75) is 32.0 Å². The molecule has 0 saturated carbocycles. The third kappa shape index (κ3) is 4.33. The summed E-state index contributed by atoms with van der Waals surface area (Å²) in [7, 11) is 3.17. The number of hydrogen-bond acceptors (Lipinski definition) is 7. The molecule has 3 aromatic rings. The van der Waals surface area contributed by atoms with Crippen molar-refractivity contribution in [1.82, 2.24) is 0 Å². The summed E-state index contributed by atoms with van der Waals surface area (Å²) in [5, 5.41) is 33.0. The Hall–Kier alpha value is -3.42. The van der Waals surface area contributed by atoms with Gasteiger partial charge in [0.15, 0.2) is 0 Å². The SMILES string of the molecule is CCc1ccc(Cc2cc(OC)cc3c2OCC(C2COc4ccc(OC)cc4C2O)C3O)cc1O. The van der Waals surface area contributed by atoms with Crippen LogP contribution in [-0.2, 0) is 12.8 Å². The summed E-state index contributed by atoms with van der Waals surface area (Å²) in [6, 6.07) is 14.7. The van der Waals surface area contributed by atoms with E-state index >= 15 is 0 Å². The number of aromatic hydroxyl groups is 1. The van der Waals surface area contributed by atoms with Crippen molar-refractivity contribution < 1.29 is 34.3 Å². The van der Waals surface area contributed by atoms with E-state index in [2.05, 4.69) is 0 Å². The fourth-order valence-corrected chi connectivity index (χ4v) is 5.31. The molecule has 0 spiro atoms. The number of benzene rings is 3. The molecule has 7 heteroatoms. The van der Waals surface area contributed by atoms with Crippen LogP contribution in [0.15, 0.2) is 48.5 Å². The lowest BCUT2D eigenvalue weighted by atomic mass is 9.77. The monoisotopic (exact) mass is 492 g/mol. The zero-order chi connectivity index (χ0) is 25.4. The average molecular weight is 493 g/mol. The lowest BCUT2D eigenvalue weighted by Crippen LogP contribution is -2.40. The molecule has 0 aromatic heterocycles. The number of phenolic OH excluding ortho intramolecular Hbond substituents is 1. The topological polar surface area (TPSA) is 97.6 Å². The molecule has 7 nitrogen and oxygen atoms in total. The first kappa shape index (κ1) is 24.3. The molecular formula is C29H32O7. The molecule has 5 rings (SSSR count). The Morgan fingerprint density at radius 1 is 0.806 bits per heavy atom. The first-order valence-electron chi connectivity index (χ1n) is 12.2. The number of methoxy groups -OCH3 is 2. The number of fused-ring (bicyclic) bond motifs is 2. The van der Waals surface area contributed by atoms with E-state index in [-0.39, 0.29) is 30.8 Å². The summed E-state index contributed by atoms with van der Waals surface area (Å²) >= 11 is 0. The molecule has 0 aliphatic carbocycles. The summed E-state index contributed by atoms with van der Waals surface area (Å²) in [5.74, 6) is 1.99. The minimum Gasteiger partial charge on any atom is -0.508 e. The van der Waals surface area contributed by atoms with Gasteiger partial charge in [-0.15, -0.1) is 0 Å². The fraction of sp³-hybridized carbons (Fsp3) is 0.379. The van der Waals surface area contributed by atoms with E-state index in [9.17, 15) is 15.3 Å². The number of aliphatic hydroxyl groups is 2. The third-order valence-electron chi connectivity index (χ3n) is 7.40. The van der Waals surface area contributed by atoms with Crippen LogP contribution in [0.2, 0.25) is 0 Å². The van der Waals surface area contributed by atoms with Gasteiger partial charge >= 0.3 is 0 Å². The van der Waals surface area contributed by atoms with E-state index in [1.54, 1.807) is 44.6 Å². The Bertz CT molecular complexity index is 1250. The highest BCUT2D eigenvalue weighted by Crippen LogP contribution is 2.48. The number of ether oxygens (including phenoxy) is 4. The fourth-order valence-electron chi connectivity index (χ4n) is 5.31. The summed E-state index contributed by atoms with van der Waals surface area (Å²) in [4.78, 5) is 0. The quantitative estimate of drug-likeness (QED) is 0.471. The molecule has 4 atom stereocenters. The second-order valence-electron chi connectivity index (χ2n) is 9.44. The number of hydrogen-bond donors (Lipinski definition) is 3. The normalized spacial score (nSPS) is 22.6. The van der Waals surface area contributed by atoms with Gasteiger partial charge in [-0.1, -0.05) is 19.1 Å². The number of aryl methyl sites for hydroxylation is 1. The van der Waals surface area contributed by atoms with Gasteiger partial charge in [0.05, 0.1) is 39.6 Å². The third-order valence-corrected chi connectivity index (χ3v) is 7.40. The Morgan fingerprint density at radius 3 is 2.19 bits per heavy atom. The number of aliphatic hydroxyl groups excluding tert-OH is 2. The largest absolute Gasteiger partial charge is 0.508 e. The van der Waals surface area contributed by atoms with E-state index in [0.717, 1.165) is 23.1 Å². The van der Waals surface area contributed by atoms with Crippen LogP contribution in [0.25, 0.3) is 0 Å². The zero-order valence-corrected chi connectivity index (χ0v) is 20.7. The Morgan fingerprint density at radius 2 is 1.50 bits per heavy atom. The van der Waals surface area contributed by atoms with Gasteiger partial charge in [0.2, 0.25) is 0 Å². The van der Waals surface area contributed by atoms with Crippen LogP contribution in [-0.4, -0.2) is 42.8 Å². The molecule has 0 fully saturated rings. The predicted molar refractivity (Wildman–Crippen MR) is 134 cm³/mol. The van der Waals surface area contributed by atoms with Gasteiger partial charge in [-0.3, -0.25) is 0 Å². The molecule has 36 heavy (non-hydrogen) atoms.